The second kappa shape index (κ2) is 8.89. The number of hydrogen-bond donors (Lipinski definition) is 1. The van der Waals surface area contributed by atoms with Gasteiger partial charge in [-0.15, -0.1) is 0 Å². The normalized spacial score (nSPS) is 23.8. The van der Waals surface area contributed by atoms with E-state index in [1.807, 2.05) is 0 Å². The van der Waals surface area contributed by atoms with Crippen molar-refractivity contribution in [3.05, 3.63) is 95.2 Å². The lowest BCUT2D eigenvalue weighted by atomic mass is 10.1. The molecule has 0 bridgehead atoms. The maximum absolute atomic E-state index is 16.1. The molecule has 192 valence electrons. The Morgan fingerprint density at radius 1 is 1.08 bits per heavy atom. The lowest BCUT2D eigenvalue weighted by Crippen LogP contribution is -2.40. The highest BCUT2D eigenvalue weighted by Crippen LogP contribution is 2.63. The van der Waals surface area contributed by atoms with Crippen LogP contribution < -0.4 is 5.73 Å². The number of imidazole rings is 1. The predicted octanol–water partition coefficient (Wildman–Crippen LogP) is 3.82. The van der Waals surface area contributed by atoms with Gasteiger partial charge in [0, 0.05) is 6.42 Å². The molecule has 3 unspecified atom stereocenters. The molecule has 0 saturated heterocycles. The highest BCUT2D eigenvalue weighted by Gasteiger charge is 2.75. The van der Waals surface area contributed by atoms with Crippen molar-refractivity contribution in [3.8, 4) is 0 Å². The topological polar surface area (TPSA) is 131 Å². The summed E-state index contributed by atoms with van der Waals surface area (Å²) in [5, 5.41) is -0.139. The van der Waals surface area contributed by atoms with E-state index in [1.165, 1.54) is 17.0 Å². The molecule has 10 nitrogen and oxygen atoms in total. The van der Waals surface area contributed by atoms with E-state index in [0.717, 1.165) is 0 Å². The van der Waals surface area contributed by atoms with Crippen molar-refractivity contribution < 1.29 is 28.2 Å². The molecule has 1 aliphatic heterocycles. The summed E-state index contributed by atoms with van der Waals surface area (Å²) in [5.74, 6) is -3.56. The van der Waals surface area contributed by atoms with Gasteiger partial charge in [-0.1, -0.05) is 36.4 Å². The molecule has 4 aromatic rings. The van der Waals surface area contributed by atoms with E-state index in [1.54, 1.807) is 60.7 Å². The zero-order valence-electron chi connectivity index (χ0n) is 19.6. The van der Waals surface area contributed by atoms with Crippen LogP contribution in [-0.2, 0) is 19.7 Å². The molecule has 38 heavy (non-hydrogen) atoms. The summed E-state index contributed by atoms with van der Waals surface area (Å²) in [5.41, 5.74) is 5.45. The molecule has 12 heteroatoms. The van der Waals surface area contributed by atoms with E-state index in [9.17, 15) is 9.59 Å². The van der Waals surface area contributed by atoms with Crippen molar-refractivity contribution in [2.45, 2.75) is 23.9 Å². The molecular weight excluding hydrogens is 517 g/mol. The van der Waals surface area contributed by atoms with E-state index in [4.69, 9.17) is 31.5 Å². The lowest BCUT2D eigenvalue weighted by molar-refractivity contribution is -0.145. The van der Waals surface area contributed by atoms with Crippen LogP contribution in [0.2, 0.25) is 5.28 Å². The van der Waals surface area contributed by atoms with Crippen LogP contribution in [0.5, 0.6) is 0 Å². The molecule has 2 aromatic heterocycles. The van der Waals surface area contributed by atoms with E-state index < -0.39 is 36.0 Å². The van der Waals surface area contributed by atoms with Crippen molar-refractivity contribution in [1.82, 2.24) is 19.5 Å². The van der Waals surface area contributed by atoms with Crippen LogP contribution in [0, 0.1) is 0 Å². The number of anilines is 1. The van der Waals surface area contributed by atoms with Gasteiger partial charge in [0.1, 0.15) is 23.4 Å². The standard InChI is InChI=1S/C26H19ClFN5O5/c27-24-31-20(29)19-21(32-24)33(14-30-19)25-11-17(37-23(35)16-9-5-2-6-10-16)18(38-26(25,28)13-25)12-36-22(34)15-7-3-1-4-8-15/h1-11,14,18H,12-13H2,(H2,29,31,32). The second-order valence-electron chi connectivity index (χ2n) is 8.87. The number of benzene rings is 2. The number of rotatable bonds is 6. The maximum Gasteiger partial charge on any atom is 0.343 e. The van der Waals surface area contributed by atoms with E-state index >= 15 is 4.39 Å². The summed E-state index contributed by atoms with van der Waals surface area (Å²) in [4.78, 5) is 37.7. The number of halogens is 2. The molecule has 1 saturated carbocycles. The van der Waals surface area contributed by atoms with Crippen LogP contribution in [0.3, 0.4) is 0 Å². The summed E-state index contributed by atoms with van der Waals surface area (Å²) in [6, 6.07) is 16.6. The van der Waals surface area contributed by atoms with Gasteiger partial charge in [-0.25, -0.2) is 19.0 Å². The fourth-order valence-corrected chi connectivity index (χ4v) is 4.67. The Kier molecular flexibility index (Phi) is 5.62. The second-order valence-corrected chi connectivity index (χ2v) is 9.21. The van der Waals surface area contributed by atoms with Crippen LogP contribution in [-0.4, -0.2) is 50.0 Å². The van der Waals surface area contributed by atoms with Gasteiger partial charge in [-0.3, -0.25) is 4.57 Å². The Morgan fingerprint density at radius 2 is 1.74 bits per heavy atom. The molecule has 0 amide bonds. The zero-order valence-corrected chi connectivity index (χ0v) is 20.3. The Morgan fingerprint density at radius 3 is 2.42 bits per heavy atom. The largest absolute Gasteiger partial charge is 0.459 e. The number of aromatic nitrogens is 4. The number of esters is 2. The van der Waals surface area contributed by atoms with Crippen molar-refractivity contribution in [2.24, 2.45) is 0 Å². The summed E-state index contributed by atoms with van der Waals surface area (Å²) < 4.78 is 34.4. The van der Waals surface area contributed by atoms with Gasteiger partial charge in [0.15, 0.2) is 17.6 Å². The molecule has 2 aliphatic rings. The number of nitrogens with two attached hydrogens (primary N) is 1. The van der Waals surface area contributed by atoms with Crippen molar-refractivity contribution >= 4 is 40.5 Å². The molecule has 3 atom stereocenters. The monoisotopic (exact) mass is 535 g/mol. The number of carbonyl (C=O) groups is 2. The first-order chi connectivity index (χ1) is 18.3. The Bertz CT molecular complexity index is 1600. The van der Waals surface area contributed by atoms with Gasteiger partial charge in [0.05, 0.1) is 17.5 Å². The first-order valence-corrected chi connectivity index (χ1v) is 11.9. The zero-order chi connectivity index (χ0) is 26.5. The fourth-order valence-electron chi connectivity index (χ4n) is 4.50. The van der Waals surface area contributed by atoms with Crippen molar-refractivity contribution in [1.29, 1.82) is 0 Å². The van der Waals surface area contributed by atoms with Crippen LogP contribution >= 0.6 is 11.6 Å². The third-order valence-corrected chi connectivity index (χ3v) is 6.64. The molecular formula is C26H19ClFN5O5. The number of nitrogen functional groups attached to an aromatic ring is 1. The van der Waals surface area contributed by atoms with Crippen molar-refractivity contribution in [3.63, 3.8) is 0 Å². The van der Waals surface area contributed by atoms with Gasteiger partial charge in [0.25, 0.3) is 0 Å². The minimum Gasteiger partial charge on any atom is -0.459 e. The number of hydrogen-bond acceptors (Lipinski definition) is 9. The fraction of sp³-hybridized carbons (Fsp3) is 0.192. The molecule has 3 heterocycles. The van der Waals surface area contributed by atoms with Crippen LogP contribution in [0.25, 0.3) is 11.2 Å². The first kappa shape index (κ1) is 24.0. The van der Waals surface area contributed by atoms with Crippen LogP contribution in [0.4, 0.5) is 10.2 Å². The highest BCUT2D eigenvalue weighted by atomic mass is 35.5. The molecule has 1 aliphatic carbocycles. The van der Waals surface area contributed by atoms with Gasteiger partial charge >= 0.3 is 11.9 Å². The minimum absolute atomic E-state index is 0.0273. The third-order valence-electron chi connectivity index (χ3n) is 6.47. The van der Waals surface area contributed by atoms with Crippen LogP contribution in [0.15, 0.2) is 78.8 Å². The number of alkyl halides is 1. The Hall–Kier alpha value is -4.35. The quantitative estimate of drug-likeness (QED) is 0.289. The smallest absolute Gasteiger partial charge is 0.343 e. The Labute approximate surface area is 219 Å². The number of fused-ring (bicyclic) bond motifs is 2. The highest BCUT2D eigenvalue weighted by molar-refractivity contribution is 6.28. The molecule has 1 fully saturated rings. The first-order valence-electron chi connectivity index (χ1n) is 11.6. The molecule has 6 rings (SSSR count). The van der Waals surface area contributed by atoms with Gasteiger partial charge in [-0.05, 0) is 41.9 Å². The van der Waals surface area contributed by atoms with E-state index in [2.05, 4.69) is 15.0 Å². The van der Waals surface area contributed by atoms with Crippen LogP contribution in [0.1, 0.15) is 27.1 Å². The predicted molar refractivity (Wildman–Crippen MR) is 133 cm³/mol. The molecule has 2 N–H and O–H groups in total. The molecule has 0 radical (unpaired) electrons. The lowest BCUT2D eigenvalue weighted by Gasteiger charge is -2.31. The SMILES string of the molecule is Nc1nc(Cl)nc2c1ncn2C12C=C(OC(=O)c3ccccc3)C(COC(=O)c3ccccc3)OC1(F)C2. The van der Waals surface area contributed by atoms with Gasteiger partial charge in [0.2, 0.25) is 11.1 Å². The minimum atomic E-state index is -2.24. The van der Waals surface area contributed by atoms with Gasteiger partial charge < -0.3 is 19.9 Å². The summed E-state index contributed by atoms with van der Waals surface area (Å²) in [6.07, 6.45) is 1.43. The number of ether oxygens (including phenoxy) is 3. The summed E-state index contributed by atoms with van der Waals surface area (Å²) in [7, 11) is 0. The van der Waals surface area contributed by atoms with Gasteiger partial charge in [-0.2, -0.15) is 9.97 Å². The molecule has 0 spiro atoms. The number of carbonyl (C=O) groups excluding carboxylic acids is 2. The average Bonchev–Trinajstić information content (AvgIpc) is 3.29. The molecule has 2 aromatic carbocycles. The van der Waals surface area contributed by atoms with E-state index in [0.29, 0.717) is 5.56 Å². The Balaban J connectivity index is 1.36. The summed E-state index contributed by atoms with van der Waals surface area (Å²) in [6.45, 7) is -0.394. The summed E-state index contributed by atoms with van der Waals surface area (Å²) >= 11 is 5.99. The van der Waals surface area contributed by atoms with Crippen molar-refractivity contribution in [2.75, 3.05) is 12.3 Å². The number of nitrogens with zero attached hydrogens (tertiary/aromatic N) is 4. The van der Waals surface area contributed by atoms with E-state index in [-0.39, 0.29) is 40.0 Å². The maximum atomic E-state index is 16.1. The average molecular weight is 536 g/mol. The third kappa shape index (κ3) is 3.96.